The molecule has 8 heteroatoms. The monoisotopic (exact) mass is 366 g/mol. The number of nitriles is 1. The molecule has 138 valence electrons. The zero-order valence-corrected chi connectivity index (χ0v) is 14.6. The number of hydrogen-bond acceptors (Lipinski definition) is 6. The third kappa shape index (κ3) is 4.15. The fourth-order valence-electron chi connectivity index (χ4n) is 3.00. The predicted octanol–water partition coefficient (Wildman–Crippen LogP) is 2.19. The van der Waals surface area contributed by atoms with E-state index in [1.807, 2.05) is 11.0 Å². The third-order valence-electron chi connectivity index (χ3n) is 4.41. The van der Waals surface area contributed by atoms with E-state index < -0.39 is 4.92 Å². The molecular formula is C19H18N4O4. The van der Waals surface area contributed by atoms with Gasteiger partial charge in [-0.05, 0) is 18.2 Å². The van der Waals surface area contributed by atoms with E-state index in [-0.39, 0.29) is 18.2 Å². The lowest BCUT2D eigenvalue weighted by atomic mass is 10.2. The zero-order valence-electron chi connectivity index (χ0n) is 14.6. The minimum atomic E-state index is -0.395. The lowest BCUT2D eigenvalue weighted by Crippen LogP contribution is -2.50. The Bertz CT molecular complexity index is 885. The van der Waals surface area contributed by atoms with Crippen molar-refractivity contribution in [3.05, 3.63) is 64.2 Å². The fourth-order valence-corrected chi connectivity index (χ4v) is 3.00. The summed E-state index contributed by atoms with van der Waals surface area (Å²) in [5.41, 5.74) is 1.01. The van der Waals surface area contributed by atoms with Crippen LogP contribution in [-0.2, 0) is 4.79 Å². The molecule has 0 unspecified atom stereocenters. The number of nitro benzene ring substituents is 1. The van der Waals surface area contributed by atoms with Crippen molar-refractivity contribution in [1.29, 1.82) is 5.26 Å². The Labute approximate surface area is 156 Å². The second kappa shape index (κ2) is 8.19. The standard InChI is InChI=1S/C19H18N4O4/c20-13-15-5-1-4-8-18(15)27-14-19(24)22-11-9-21(10-12-22)16-6-2-3-7-17(16)23(25)26/h1-8H,9-12,14H2. The van der Waals surface area contributed by atoms with Gasteiger partial charge >= 0.3 is 0 Å². The Balaban J connectivity index is 1.57. The number of nitro groups is 1. The third-order valence-corrected chi connectivity index (χ3v) is 4.41. The van der Waals surface area contributed by atoms with Gasteiger partial charge in [-0.3, -0.25) is 14.9 Å². The molecule has 3 rings (SSSR count). The van der Waals surface area contributed by atoms with E-state index in [2.05, 4.69) is 0 Å². The Morgan fingerprint density at radius 1 is 1.11 bits per heavy atom. The van der Waals surface area contributed by atoms with E-state index in [4.69, 9.17) is 10.00 Å². The largest absolute Gasteiger partial charge is 0.482 e. The van der Waals surface area contributed by atoms with E-state index in [0.717, 1.165) is 0 Å². The molecule has 0 saturated carbocycles. The smallest absolute Gasteiger partial charge is 0.292 e. The first-order valence-electron chi connectivity index (χ1n) is 8.48. The Morgan fingerprint density at radius 3 is 2.48 bits per heavy atom. The van der Waals surface area contributed by atoms with Crippen molar-refractivity contribution in [3.8, 4) is 11.8 Å². The lowest BCUT2D eigenvalue weighted by Gasteiger charge is -2.35. The van der Waals surface area contributed by atoms with Crippen molar-refractivity contribution >= 4 is 17.3 Å². The highest BCUT2D eigenvalue weighted by Gasteiger charge is 2.25. The summed E-state index contributed by atoms with van der Waals surface area (Å²) >= 11 is 0. The van der Waals surface area contributed by atoms with Crippen LogP contribution in [0.3, 0.4) is 0 Å². The first kappa shape index (κ1) is 18.2. The number of amides is 1. The summed E-state index contributed by atoms with van der Waals surface area (Å²) in [6, 6.07) is 15.4. The van der Waals surface area contributed by atoms with Gasteiger partial charge in [-0.2, -0.15) is 5.26 Å². The maximum absolute atomic E-state index is 12.4. The number of anilines is 1. The van der Waals surface area contributed by atoms with Crippen LogP contribution in [0.25, 0.3) is 0 Å². The molecule has 0 radical (unpaired) electrons. The topological polar surface area (TPSA) is 99.7 Å². The van der Waals surface area contributed by atoms with Crippen LogP contribution in [-0.4, -0.2) is 48.5 Å². The normalized spacial score (nSPS) is 13.7. The first-order chi connectivity index (χ1) is 13.1. The summed E-state index contributed by atoms with van der Waals surface area (Å²) < 4.78 is 5.49. The molecule has 0 bridgehead atoms. The number of piperazine rings is 1. The zero-order chi connectivity index (χ0) is 19.2. The highest BCUT2D eigenvalue weighted by Crippen LogP contribution is 2.28. The molecule has 27 heavy (non-hydrogen) atoms. The maximum atomic E-state index is 12.4. The van der Waals surface area contributed by atoms with Crippen LogP contribution < -0.4 is 9.64 Å². The molecule has 0 N–H and O–H groups in total. The van der Waals surface area contributed by atoms with E-state index in [1.54, 1.807) is 47.4 Å². The van der Waals surface area contributed by atoms with Gasteiger partial charge in [0.05, 0.1) is 10.5 Å². The maximum Gasteiger partial charge on any atom is 0.292 e. The molecule has 0 aromatic heterocycles. The average molecular weight is 366 g/mol. The van der Waals surface area contributed by atoms with Crippen LogP contribution in [0.1, 0.15) is 5.56 Å². The van der Waals surface area contributed by atoms with Crippen LogP contribution in [0.5, 0.6) is 5.75 Å². The molecule has 0 aliphatic carbocycles. The summed E-state index contributed by atoms with van der Waals surface area (Å²) in [6.07, 6.45) is 0. The number of carbonyl (C=O) groups excluding carboxylic acids is 1. The number of carbonyl (C=O) groups is 1. The number of benzene rings is 2. The van der Waals surface area contributed by atoms with E-state index in [0.29, 0.717) is 43.2 Å². The minimum absolute atomic E-state index is 0.0636. The van der Waals surface area contributed by atoms with Crippen molar-refractivity contribution in [2.75, 3.05) is 37.7 Å². The molecule has 0 spiro atoms. The van der Waals surface area contributed by atoms with Crippen LogP contribution >= 0.6 is 0 Å². The van der Waals surface area contributed by atoms with Gasteiger partial charge in [0.2, 0.25) is 0 Å². The molecule has 0 atom stereocenters. The van der Waals surface area contributed by atoms with Crippen molar-refractivity contribution in [2.45, 2.75) is 0 Å². The highest BCUT2D eigenvalue weighted by molar-refractivity contribution is 5.78. The van der Waals surface area contributed by atoms with Gasteiger partial charge in [0.15, 0.2) is 6.61 Å². The Hall–Kier alpha value is -3.60. The molecule has 8 nitrogen and oxygen atoms in total. The number of rotatable bonds is 5. The van der Waals surface area contributed by atoms with Gasteiger partial charge < -0.3 is 14.5 Å². The molecule has 1 fully saturated rings. The van der Waals surface area contributed by atoms with Crippen molar-refractivity contribution in [1.82, 2.24) is 4.90 Å². The average Bonchev–Trinajstić information content (AvgIpc) is 2.72. The summed E-state index contributed by atoms with van der Waals surface area (Å²) in [4.78, 5) is 26.7. The summed E-state index contributed by atoms with van der Waals surface area (Å²) in [5, 5.41) is 20.2. The summed E-state index contributed by atoms with van der Waals surface area (Å²) in [6.45, 7) is 1.77. The van der Waals surface area contributed by atoms with Gasteiger partial charge in [0.25, 0.3) is 11.6 Å². The van der Waals surface area contributed by atoms with Crippen molar-refractivity contribution < 1.29 is 14.5 Å². The van der Waals surface area contributed by atoms with E-state index in [9.17, 15) is 14.9 Å². The number of nitrogens with zero attached hydrogens (tertiary/aromatic N) is 4. The fraction of sp³-hybridized carbons (Fsp3) is 0.263. The second-order valence-electron chi connectivity index (χ2n) is 6.01. The quantitative estimate of drug-likeness (QED) is 0.594. The number of ether oxygens (including phenoxy) is 1. The van der Waals surface area contributed by atoms with Gasteiger partial charge in [0.1, 0.15) is 17.5 Å². The predicted molar refractivity (Wildman–Crippen MR) is 98.5 cm³/mol. The van der Waals surface area contributed by atoms with Gasteiger partial charge in [-0.15, -0.1) is 0 Å². The second-order valence-corrected chi connectivity index (χ2v) is 6.01. The molecule has 2 aromatic rings. The molecule has 1 saturated heterocycles. The van der Waals surface area contributed by atoms with Gasteiger partial charge in [-0.1, -0.05) is 24.3 Å². The Morgan fingerprint density at radius 2 is 1.78 bits per heavy atom. The van der Waals surface area contributed by atoms with Crippen molar-refractivity contribution in [2.24, 2.45) is 0 Å². The molecule has 1 aliphatic rings. The highest BCUT2D eigenvalue weighted by atomic mass is 16.6. The molecule has 1 amide bonds. The molecule has 1 aliphatic heterocycles. The lowest BCUT2D eigenvalue weighted by molar-refractivity contribution is -0.384. The summed E-state index contributed by atoms with van der Waals surface area (Å²) in [7, 11) is 0. The molecular weight excluding hydrogens is 348 g/mol. The number of para-hydroxylation sites is 3. The van der Waals surface area contributed by atoms with Gasteiger partial charge in [-0.25, -0.2) is 0 Å². The van der Waals surface area contributed by atoms with Crippen LogP contribution in [0.15, 0.2) is 48.5 Å². The minimum Gasteiger partial charge on any atom is -0.482 e. The van der Waals surface area contributed by atoms with E-state index in [1.165, 1.54) is 6.07 Å². The van der Waals surface area contributed by atoms with Crippen molar-refractivity contribution in [3.63, 3.8) is 0 Å². The molecule has 1 heterocycles. The van der Waals surface area contributed by atoms with E-state index >= 15 is 0 Å². The number of hydrogen-bond donors (Lipinski definition) is 0. The van der Waals surface area contributed by atoms with Crippen LogP contribution in [0.2, 0.25) is 0 Å². The molecule has 2 aromatic carbocycles. The SMILES string of the molecule is N#Cc1ccccc1OCC(=O)N1CCN(c2ccccc2[N+](=O)[O-])CC1. The first-order valence-corrected chi connectivity index (χ1v) is 8.48. The Kier molecular flexibility index (Phi) is 5.52. The van der Waals surface area contributed by atoms with Gasteiger partial charge in [0, 0.05) is 32.2 Å². The van der Waals surface area contributed by atoms with Crippen LogP contribution in [0.4, 0.5) is 11.4 Å². The summed E-state index contributed by atoms with van der Waals surface area (Å²) in [5.74, 6) is 0.205. The van der Waals surface area contributed by atoms with Crippen LogP contribution in [0, 0.1) is 21.4 Å².